The lowest BCUT2D eigenvalue weighted by Gasteiger charge is -2.31. The first-order valence-electron chi connectivity index (χ1n) is 13.5. The second-order valence-electron chi connectivity index (χ2n) is 10.4. The maximum atomic E-state index is 14.2. The molecular weight excluding hydrogens is 484 g/mol. The number of nitrogens with zero attached hydrogens (tertiary/aromatic N) is 5. The molecule has 2 aliphatic rings. The van der Waals surface area contributed by atoms with Crippen molar-refractivity contribution < 1.29 is 8.78 Å². The molecule has 1 aliphatic heterocycles. The van der Waals surface area contributed by atoms with E-state index in [1.807, 2.05) is 18.5 Å². The van der Waals surface area contributed by atoms with Gasteiger partial charge in [0.05, 0.1) is 23.6 Å². The number of halogens is 2. The monoisotopic (exact) mass is 515 g/mol. The van der Waals surface area contributed by atoms with Gasteiger partial charge in [0.2, 0.25) is 0 Å². The van der Waals surface area contributed by atoms with Crippen molar-refractivity contribution in [3.63, 3.8) is 0 Å². The highest BCUT2D eigenvalue weighted by Gasteiger charge is 2.29. The number of fused-ring (bicyclic) bond motifs is 1. The van der Waals surface area contributed by atoms with Gasteiger partial charge in [-0.1, -0.05) is 13.3 Å². The van der Waals surface area contributed by atoms with Gasteiger partial charge in [0.25, 0.3) is 0 Å². The van der Waals surface area contributed by atoms with Crippen LogP contribution in [0.4, 0.5) is 20.4 Å². The van der Waals surface area contributed by atoms with Crippen molar-refractivity contribution in [2.75, 3.05) is 18.4 Å². The first kappa shape index (κ1) is 24.7. The van der Waals surface area contributed by atoms with Crippen molar-refractivity contribution in [3.05, 3.63) is 65.9 Å². The highest BCUT2D eigenvalue weighted by atomic mass is 19.1. The largest absolute Gasteiger partial charge is 0.322 e. The summed E-state index contributed by atoms with van der Waals surface area (Å²) < 4.78 is 27.4. The summed E-state index contributed by atoms with van der Waals surface area (Å²) in [6.45, 7) is 4.44. The van der Waals surface area contributed by atoms with Crippen LogP contribution in [0.1, 0.15) is 56.2 Å². The molecule has 2 fully saturated rings. The van der Waals surface area contributed by atoms with Crippen LogP contribution in [0.15, 0.2) is 43.0 Å². The average Bonchev–Trinajstić information content (AvgIpc) is 3.79. The lowest BCUT2D eigenvalue weighted by atomic mass is 9.81. The molecule has 1 saturated carbocycles. The molecule has 6 rings (SSSR count). The van der Waals surface area contributed by atoms with Crippen LogP contribution in [0.5, 0.6) is 0 Å². The van der Waals surface area contributed by atoms with Crippen LogP contribution in [0.25, 0.3) is 22.3 Å². The molecule has 4 aromatic heterocycles. The van der Waals surface area contributed by atoms with Crippen LogP contribution in [0.3, 0.4) is 0 Å². The third kappa shape index (κ3) is 5.20. The van der Waals surface area contributed by atoms with Crippen molar-refractivity contribution in [1.29, 1.82) is 0 Å². The Labute approximate surface area is 220 Å². The van der Waals surface area contributed by atoms with Gasteiger partial charge < -0.3 is 10.6 Å². The summed E-state index contributed by atoms with van der Waals surface area (Å²) in [5.74, 6) is 1.24. The van der Waals surface area contributed by atoms with Crippen molar-refractivity contribution in [2.45, 2.75) is 51.4 Å². The molecule has 0 aromatic carbocycles. The fourth-order valence-corrected chi connectivity index (χ4v) is 5.62. The zero-order valence-corrected chi connectivity index (χ0v) is 21.4. The molecule has 1 aliphatic carbocycles. The first-order chi connectivity index (χ1) is 18.6. The average molecular weight is 516 g/mol. The van der Waals surface area contributed by atoms with Crippen LogP contribution in [0, 0.1) is 23.5 Å². The molecule has 2 N–H and O–H groups in total. The minimum absolute atomic E-state index is 0.0955. The van der Waals surface area contributed by atoms with Crippen LogP contribution in [0.2, 0.25) is 0 Å². The molecule has 9 heteroatoms. The van der Waals surface area contributed by atoms with Gasteiger partial charge in [0.15, 0.2) is 17.5 Å². The van der Waals surface area contributed by atoms with Gasteiger partial charge in [-0.25, -0.2) is 28.7 Å². The van der Waals surface area contributed by atoms with Gasteiger partial charge in [-0.3, -0.25) is 4.98 Å². The Kier molecular flexibility index (Phi) is 6.93. The van der Waals surface area contributed by atoms with E-state index in [4.69, 9.17) is 9.97 Å². The summed E-state index contributed by atoms with van der Waals surface area (Å²) in [7, 11) is 0. The topological polar surface area (TPSA) is 88.5 Å². The summed E-state index contributed by atoms with van der Waals surface area (Å²) in [6, 6.07) is 4.38. The molecule has 0 amide bonds. The van der Waals surface area contributed by atoms with E-state index >= 15 is 0 Å². The van der Waals surface area contributed by atoms with E-state index < -0.39 is 11.6 Å². The van der Waals surface area contributed by atoms with Crippen LogP contribution < -0.4 is 10.6 Å². The van der Waals surface area contributed by atoms with Crippen LogP contribution >= 0.6 is 0 Å². The molecule has 0 spiro atoms. The number of hydrogen-bond donors (Lipinski definition) is 2. The molecule has 196 valence electrons. The third-order valence-electron chi connectivity index (χ3n) is 7.84. The number of hydrogen-bond acceptors (Lipinski definition) is 7. The lowest BCUT2D eigenvalue weighted by Crippen LogP contribution is -2.36. The Morgan fingerprint density at radius 2 is 1.92 bits per heavy atom. The number of nitrogens with one attached hydrogen (secondary N) is 2. The van der Waals surface area contributed by atoms with Gasteiger partial charge >= 0.3 is 0 Å². The quantitative estimate of drug-likeness (QED) is 0.300. The summed E-state index contributed by atoms with van der Waals surface area (Å²) in [5, 5.41) is 7.53. The standard InChI is InChI=1S/C29H31F2N7/c1-2-17-13-32-9-7-18(17)5-6-24-27-22(19-3-4-19)15-33-16-25(27)37-28(36-24)20-8-10-34-26(11-20)38-29-23(31)12-21(30)14-35-29/h8,10-12,14-19,32H,2-7,9,13H2,1H3,(H,34,35,38). The van der Waals surface area contributed by atoms with Crippen molar-refractivity contribution in [2.24, 2.45) is 11.8 Å². The molecule has 0 radical (unpaired) electrons. The zero-order chi connectivity index (χ0) is 26.1. The minimum atomic E-state index is -0.788. The smallest absolute Gasteiger partial charge is 0.168 e. The van der Waals surface area contributed by atoms with Gasteiger partial charge in [0.1, 0.15) is 11.6 Å². The fourth-order valence-electron chi connectivity index (χ4n) is 5.62. The number of rotatable bonds is 8. The molecule has 7 nitrogen and oxygen atoms in total. The number of anilines is 2. The van der Waals surface area contributed by atoms with Crippen molar-refractivity contribution in [3.8, 4) is 11.4 Å². The molecule has 2 unspecified atom stereocenters. The maximum Gasteiger partial charge on any atom is 0.168 e. The van der Waals surface area contributed by atoms with E-state index in [2.05, 4.69) is 32.5 Å². The first-order valence-corrected chi connectivity index (χ1v) is 13.5. The van der Waals surface area contributed by atoms with E-state index in [0.29, 0.717) is 29.4 Å². The molecular formula is C29H31F2N7. The highest BCUT2D eigenvalue weighted by Crippen LogP contribution is 2.43. The number of aryl methyl sites for hydroxylation is 1. The van der Waals surface area contributed by atoms with Crippen molar-refractivity contribution in [1.82, 2.24) is 30.2 Å². The predicted octanol–water partition coefficient (Wildman–Crippen LogP) is 5.95. The van der Waals surface area contributed by atoms with E-state index in [9.17, 15) is 8.78 Å². The number of aromatic nitrogens is 5. The zero-order valence-electron chi connectivity index (χ0n) is 21.4. The minimum Gasteiger partial charge on any atom is -0.322 e. The second kappa shape index (κ2) is 10.6. The molecule has 1 saturated heterocycles. The lowest BCUT2D eigenvalue weighted by molar-refractivity contribution is 0.234. The Hall–Kier alpha value is -3.59. The molecule has 4 aromatic rings. The highest BCUT2D eigenvalue weighted by molar-refractivity contribution is 5.86. The number of piperidine rings is 1. The molecule has 0 bridgehead atoms. The fraction of sp³-hybridized carbons (Fsp3) is 0.414. The van der Waals surface area contributed by atoms with Crippen molar-refractivity contribution >= 4 is 22.5 Å². The molecule has 5 heterocycles. The van der Waals surface area contributed by atoms with Crippen LogP contribution in [-0.2, 0) is 6.42 Å². The predicted molar refractivity (Wildman–Crippen MR) is 143 cm³/mol. The molecule has 38 heavy (non-hydrogen) atoms. The number of pyridine rings is 3. The summed E-state index contributed by atoms with van der Waals surface area (Å²) in [4.78, 5) is 22.6. The van der Waals surface area contributed by atoms with Gasteiger partial charge in [0, 0.05) is 29.4 Å². The van der Waals surface area contributed by atoms with E-state index in [-0.39, 0.29) is 5.82 Å². The summed E-state index contributed by atoms with van der Waals surface area (Å²) >= 11 is 0. The van der Waals surface area contributed by atoms with Gasteiger partial charge in [-0.2, -0.15) is 0 Å². The van der Waals surface area contributed by atoms with Crippen LogP contribution in [-0.4, -0.2) is 38.0 Å². The Bertz CT molecular complexity index is 1460. The SMILES string of the molecule is CCC1CNCCC1CCc1nc(-c2ccnc(Nc3ncc(F)cc3F)c2)nc2cncc(C3CC3)c12. The summed E-state index contributed by atoms with van der Waals surface area (Å²) in [5.41, 5.74) is 3.93. The van der Waals surface area contributed by atoms with Gasteiger partial charge in [-0.05, 0) is 80.6 Å². The maximum absolute atomic E-state index is 14.2. The normalized spacial score (nSPS) is 19.6. The Balaban J connectivity index is 1.35. The Morgan fingerprint density at radius 1 is 1.03 bits per heavy atom. The molecule has 2 atom stereocenters. The third-order valence-corrected chi connectivity index (χ3v) is 7.84. The Morgan fingerprint density at radius 3 is 2.74 bits per heavy atom. The van der Waals surface area contributed by atoms with E-state index in [1.165, 1.54) is 31.2 Å². The summed E-state index contributed by atoms with van der Waals surface area (Å²) in [6.07, 6.45) is 13.1. The second-order valence-corrected chi connectivity index (χ2v) is 10.4. The van der Waals surface area contributed by atoms with Gasteiger partial charge in [-0.15, -0.1) is 0 Å². The van der Waals surface area contributed by atoms with E-state index in [1.54, 1.807) is 12.3 Å². The van der Waals surface area contributed by atoms with E-state index in [0.717, 1.165) is 60.4 Å².